The molecule has 27 heavy (non-hydrogen) atoms. The molecule has 1 N–H and O–H groups in total. The molecule has 2 aliphatic rings. The number of para-hydroxylation sites is 1. The maximum atomic E-state index is 13.1. The number of hydrogen-bond donors (Lipinski definition) is 1. The molecule has 2 fully saturated rings. The Morgan fingerprint density at radius 2 is 1.59 bits per heavy atom. The van der Waals surface area contributed by atoms with Crippen LogP contribution in [0.25, 0.3) is 0 Å². The molecule has 5 nitrogen and oxygen atoms in total. The van der Waals surface area contributed by atoms with E-state index in [4.69, 9.17) is 9.47 Å². The molecule has 1 heterocycles. The average molecular weight is 365 g/mol. The molecule has 2 atom stereocenters. The molecular weight excluding hydrogens is 342 g/mol. The van der Waals surface area contributed by atoms with Crippen molar-refractivity contribution < 1.29 is 19.1 Å². The number of nitrogens with one attached hydrogen (secondary N) is 1. The first kappa shape index (κ1) is 17.6. The van der Waals surface area contributed by atoms with Crippen molar-refractivity contribution >= 4 is 17.6 Å². The standard InChI is InChI=1S/C22H23NO4/c1-20(2)21(3)13-14-22(20,27-19(21)25)18(24)23-15-9-11-17(12-10-15)26-16-7-5-4-6-8-16/h4-12H,13-14H2,1-3H3,(H,23,24)/t21-,22-/m1/s1. The number of ether oxygens (including phenoxy) is 2. The third-order valence-corrected chi connectivity index (χ3v) is 6.54. The van der Waals surface area contributed by atoms with Gasteiger partial charge in [0.1, 0.15) is 11.5 Å². The lowest BCUT2D eigenvalue weighted by Gasteiger charge is -2.35. The highest BCUT2D eigenvalue weighted by Crippen LogP contribution is 2.65. The minimum Gasteiger partial charge on any atom is -0.457 e. The van der Waals surface area contributed by atoms with Crippen LogP contribution in [0.4, 0.5) is 5.69 Å². The van der Waals surface area contributed by atoms with Crippen molar-refractivity contribution in [2.45, 2.75) is 39.2 Å². The predicted octanol–water partition coefficient (Wildman–Crippen LogP) is 4.54. The van der Waals surface area contributed by atoms with Gasteiger partial charge in [-0.25, -0.2) is 0 Å². The lowest BCUT2D eigenvalue weighted by molar-refractivity contribution is -0.165. The van der Waals surface area contributed by atoms with Crippen LogP contribution in [0, 0.1) is 10.8 Å². The molecule has 2 aromatic rings. The number of carbonyl (C=O) groups excluding carboxylic acids is 2. The maximum absolute atomic E-state index is 13.1. The average Bonchev–Trinajstić information content (AvgIpc) is 2.95. The molecule has 2 aromatic carbocycles. The zero-order chi connectivity index (χ0) is 19.3. The van der Waals surface area contributed by atoms with Gasteiger partial charge >= 0.3 is 5.97 Å². The Morgan fingerprint density at radius 1 is 0.963 bits per heavy atom. The van der Waals surface area contributed by atoms with Gasteiger partial charge in [-0.1, -0.05) is 32.0 Å². The Hall–Kier alpha value is -2.82. The highest BCUT2D eigenvalue weighted by molar-refractivity contribution is 6.03. The first-order valence-electron chi connectivity index (χ1n) is 9.16. The summed E-state index contributed by atoms with van der Waals surface area (Å²) in [5, 5.41) is 2.92. The summed E-state index contributed by atoms with van der Waals surface area (Å²) in [6.45, 7) is 5.79. The van der Waals surface area contributed by atoms with E-state index in [1.54, 1.807) is 24.3 Å². The number of hydrogen-bond acceptors (Lipinski definition) is 4. The fraction of sp³-hybridized carbons (Fsp3) is 0.364. The normalized spacial score (nSPS) is 27.9. The Bertz CT molecular complexity index is 890. The molecule has 0 spiro atoms. The summed E-state index contributed by atoms with van der Waals surface area (Å²) in [5.41, 5.74) is -1.64. The second kappa shape index (κ2) is 5.84. The monoisotopic (exact) mass is 365 g/mol. The molecular formula is C22H23NO4. The molecule has 5 heteroatoms. The molecule has 1 aliphatic carbocycles. The molecule has 1 saturated carbocycles. The highest BCUT2D eigenvalue weighted by atomic mass is 16.6. The first-order valence-corrected chi connectivity index (χ1v) is 9.16. The van der Waals surface area contributed by atoms with Crippen LogP contribution in [-0.4, -0.2) is 17.5 Å². The van der Waals surface area contributed by atoms with Crippen molar-refractivity contribution in [1.82, 2.24) is 0 Å². The minimum absolute atomic E-state index is 0.265. The van der Waals surface area contributed by atoms with E-state index in [0.717, 1.165) is 5.75 Å². The SMILES string of the molecule is CC1(C)[C@]2(C)CC[C@]1(C(=O)Nc1ccc(Oc3ccccc3)cc1)OC2=O. The minimum atomic E-state index is -1.11. The lowest BCUT2D eigenvalue weighted by atomic mass is 9.66. The van der Waals surface area contributed by atoms with Crippen LogP contribution in [0.3, 0.4) is 0 Å². The van der Waals surface area contributed by atoms with Gasteiger partial charge in [-0.15, -0.1) is 0 Å². The van der Waals surface area contributed by atoms with Crippen LogP contribution in [0.5, 0.6) is 11.5 Å². The molecule has 4 rings (SSSR count). The molecule has 2 bridgehead atoms. The number of fused-ring (bicyclic) bond motifs is 2. The number of carbonyl (C=O) groups is 2. The van der Waals surface area contributed by atoms with Gasteiger partial charge in [-0.2, -0.15) is 0 Å². The molecule has 1 aliphatic heterocycles. The van der Waals surface area contributed by atoms with E-state index < -0.39 is 16.4 Å². The Labute approximate surface area is 158 Å². The Kier molecular flexibility index (Phi) is 3.81. The van der Waals surface area contributed by atoms with Crippen LogP contribution in [0.2, 0.25) is 0 Å². The molecule has 0 radical (unpaired) electrons. The molecule has 0 aromatic heterocycles. The van der Waals surface area contributed by atoms with Crippen LogP contribution >= 0.6 is 0 Å². The Morgan fingerprint density at radius 3 is 2.15 bits per heavy atom. The summed E-state index contributed by atoms with van der Waals surface area (Å²) in [7, 11) is 0. The van der Waals surface area contributed by atoms with Crippen molar-refractivity contribution in [1.29, 1.82) is 0 Å². The largest absolute Gasteiger partial charge is 0.457 e. The molecule has 140 valence electrons. The fourth-order valence-electron chi connectivity index (χ4n) is 4.21. The van der Waals surface area contributed by atoms with Crippen molar-refractivity contribution in [2.24, 2.45) is 10.8 Å². The first-order chi connectivity index (χ1) is 12.8. The van der Waals surface area contributed by atoms with Gasteiger partial charge in [-0.3, -0.25) is 9.59 Å². The van der Waals surface area contributed by atoms with Gasteiger partial charge in [0.2, 0.25) is 0 Å². The maximum Gasteiger partial charge on any atom is 0.313 e. The van der Waals surface area contributed by atoms with Crippen LogP contribution in [0.15, 0.2) is 54.6 Å². The molecule has 1 amide bonds. The van der Waals surface area contributed by atoms with Gasteiger partial charge in [0.25, 0.3) is 5.91 Å². The molecule has 1 saturated heterocycles. The van der Waals surface area contributed by atoms with Crippen molar-refractivity contribution in [3.63, 3.8) is 0 Å². The van der Waals surface area contributed by atoms with E-state index >= 15 is 0 Å². The van der Waals surface area contributed by atoms with Gasteiger partial charge < -0.3 is 14.8 Å². The van der Waals surface area contributed by atoms with E-state index in [0.29, 0.717) is 24.3 Å². The Balaban J connectivity index is 1.50. The van der Waals surface area contributed by atoms with Crippen molar-refractivity contribution in [3.8, 4) is 11.5 Å². The van der Waals surface area contributed by atoms with Crippen molar-refractivity contribution in [2.75, 3.05) is 5.32 Å². The zero-order valence-electron chi connectivity index (χ0n) is 15.7. The van der Waals surface area contributed by atoms with Gasteiger partial charge in [0.05, 0.1) is 5.41 Å². The molecule has 0 unspecified atom stereocenters. The number of benzene rings is 2. The topological polar surface area (TPSA) is 64.6 Å². The second-order valence-electron chi connectivity index (χ2n) is 8.07. The summed E-state index contributed by atoms with van der Waals surface area (Å²) in [5.74, 6) is 0.885. The van der Waals surface area contributed by atoms with Gasteiger partial charge in [-0.05, 0) is 56.2 Å². The van der Waals surface area contributed by atoms with Crippen molar-refractivity contribution in [3.05, 3.63) is 54.6 Å². The van der Waals surface area contributed by atoms with E-state index in [9.17, 15) is 9.59 Å². The summed E-state index contributed by atoms with van der Waals surface area (Å²) >= 11 is 0. The van der Waals surface area contributed by atoms with E-state index in [-0.39, 0.29) is 11.9 Å². The van der Waals surface area contributed by atoms with E-state index in [2.05, 4.69) is 5.32 Å². The van der Waals surface area contributed by atoms with Crippen LogP contribution in [-0.2, 0) is 14.3 Å². The van der Waals surface area contributed by atoms with Gasteiger partial charge in [0, 0.05) is 11.1 Å². The third kappa shape index (κ3) is 2.45. The fourth-order valence-corrected chi connectivity index (χ4v) is 4.21. The predicted molar refractivity (Wildman–Crippen MR) is 102 cm³/mol. The summed E-state index contributed by atoms with van der Waals surface area (Å²) in [4.78, 5) is 25.4. The quantitative estimate of drug-likeness (QED) is 0.808. The third-order valence-electron chi connectivity index (χ3n) is 6.54. The van der Waals surface area contributed by atoms with Gasteiger partial charge in [0.15, 0.2) is 5.60 Å². The number of amides is 1. The summed E-state index contributed by atoms with van der Waals surface area (Å²) in [6.07, 6.45) is 1.21. The number of anilines is 1. The summed E-state index contributed by atoms with van der Waals surface area (Å²) in [6, 6.07) is 16.7. The van der Waals surface area contributed by atoms with Crippen LogP contribution in [0.1, 0.15) is 33.6 Å². The zero-order valence-corrected chi connectivity index (χ0v) is 15.7. The lowest BCUT2D eigenvalue weighted by Crippen LogP contribution is -2.50. The number of rotatable bonds is 4. The van der Waals surface area contributed by atoms with Crippen LogP contribution < -0.4 is 10.1 Å². The summed E-state index contributed by atoms with van der Waals surface area (Å²) < 4.78 is 11.4. The smallest absolute Gasteiger partial charge is 0.313 e. The van der Waals surface area contributed by atoms with E-state index in [1.807, 2.05) is 51.1 Å². The highest BCUT2D eigenvalue weighted by Gasteiger charge is 2.75. The van der Waals surface area contributed by atoms with E-state index in [1.165, 1.54) is 0 Å². The number of esters is 1. The second-order valence-corrected chi connectivity index (χ2v) is 8.07.